The molecule has 0 spiro atoms. The SMILES string of the molecule is CC(C)(C)NNCCCl. The van der Waals surface area contributed by atoms with E-state index in [0.717, 1.165) is 6.54 Å². The topological polar surface area (TPSA) is 24.1 Å². The van der Waals surface area contributed by atoms with Crippen molar-refractivity contribution in [2.45, 2.75) is 26.3 Å². The van der Waals surface area contributed by atoms with E-state index in [1.54, 1.807) is 0 Å². The molecule has 0 rings (SSSR count). The zero-order valence-corrected chi connectivity index (χ0v) is 7.05. The highest BCUT2D eigenvalue weighted by Gasteiger charge is 2.06. The number of hydrogen-bond acceptors (Lipinski definition) is 2. The van der Waals surface area contributed by atoms with Crippen LogP contribution in [0.2, 0.25) is 0 Å². The van der Waals surface area contributed by atoms with Crippen molar-refractivity contribution in [3.8, 4) is 0 Å². The zero-order chi connectivity index (χ0) is 7.33. The van der Waals surface area contributed by atoms with Gasteiger partial charge in [-0.3, -0.25) is 10.9 Å². The molecule has 0 heterocycles. The largest absolute Gasteiger partial charge is 0.256 e. The Morgan fingerprint density at radius 3 is 2.22 bits per heavy atom. The Morgan fingerprint density at radius 2 is 1.89 bits per heavy atom. The second-order valence-electron chi connectivity index (χ2n) is 2.99. The minimum atomic E-state index is 0.131. The van der Waals surface area contributed by atoms with Crippen LogP contribution in [-0.2, 0) is 0 Å². The van der Waals surface area contributed by atoms with E-state index in [4.69, 9.17) is 11.6 Å². The standard InChI is InChI=1S/C6H15ClN2/c1-6(2,3)9-8-5-4-7/h8-9H,4-5H2,1-3H3. The monoisotopic (exact) mass is 150 g/mol. The van der Waals surface area contributed by atoms with Crippen molar-refractivity contribution in [3.05, 3.63) is 0 Å². The molecule has 0 atom stereocenters. The summed E-state index contributed by atoms with van der Waals surface area (Å²) in [4.78, 5) is 0. The van der Waals surface area contributed by atoms with E-state index in [9.17, 15) is 0 Å². The number of hydrogen-bond donors (Lipinski definition) is 2. The molecule has 9 heavy (non-hydrogen) atoms. The predicted octanol–water partition coefficient (Wildman–Crippen LogP) is 1.12. The third-order valence-corrected chi connectivity index (χ3v) is 0.872. The van der Waals surface area contributed by atoms with Crippen molar-refractivity contribution in [1.29, 1.82) is 0 Å². The fourth-order valence-electron chi connectivity index (χ4n) is 0.375. The normalized spacial score (nSPS) is 12.0. The second-order valence-corrected chi connectivity index (χ2v) is 3.37. The maximum absolute atomic E-state index is 5.43. The third kappa shape index (κ3) is 8.21. The molecule has 0 fully saturated rings. The molecule has 0 saturated carbocycles. The summed E-state index contributed by atoms with van der Waals surface area (Å²) in [5.41, 5.74) is 6.21. The summed E-state index contributed by atoms with van der Waals surface area (Å²) in [5, 5.41) is 0. The van der Waals surface area contributed by atoms with Crippen LogP contribution in [0, 0.1) is 0 Å². The van der Waals surface area contributed by atoms with Gasteiger partial charge < -0.3 is 0 Å². The number of alkyl halides is 1. The minimum Gasteiger partial charge on any atom is -0.256 e. The van der Waals surface area contributed by atoms with E-state index in [-0.39, 0.29) is 5.54 Å². The Hall–Kier alpha value is 0.210. The van der Waals surface area contributed by atoms with Crippen molar-refractivity contribution >= 4 is 11.6 Å². The molecule has 0 aromatic carbocycles. The molecule has 0 unspecified atom stereocenters. The van der Waals surface area contributed by atoms with Crippen LogP contribution in [0.25, 0.3) is 0 Å². The molecule has 56 valence electrons. The van der Waals surface area contributed by atoms with Crippen molar-refractivity contribution < 1.29 is 0 Å². The molecule has 2 nitrogen and oxygen atoms in total. The Bertz CT molecular complexity index is 67.9. The van der Waals surface area contributed by atoms with Gasteiger partial charge in [0, 0.05) is 18.0 Å². The van der Waals surface area contributed by atoms with Gasteiger partial charge in [-0.05, 0) is 20.8 Å². The van der Waals surface area contributed by atoms with Gasteiger partial charge in [0.2, 0.25) is 0 Å². The maximum Gasteiger partial charge on any atom is 0.0362 e. The summed E-state index contributed by atoms with van der Waals surface area (Å²) in [7, 11) is 0. The summed E-state index contributed by atoms with van der Waals surface area (Å²) >= 11 is 5.43. The highest BCUT2D eigenvalue weighted by molar-refractivity contribution is 6.18. The van der Waals surface area contributed by atoms with Crippen LogP contribution in [0.4, 0.5) is 0 Å². The fourth-order valence-corrected chi connectivity index (χ4v) is 0.469. The summed E-state index contributed by atoms with van der Waals surface area (Å²) in [6.45, 7) is 7.08. The van der Waals surface area contributed by atoms with Crippen LogP contribution < -0.4 is 10.9 Å². The van der Waals surface area contributed by atoms with Crippen LogP contribution in [0.3, 0.4) is 0 Å². The summed E-state index contributed by atoms with van der Waals surface area (Å²) < 4.78 is 0. The van der Waals surface area contributed by atoms with Crippen molar-refractivity contribution in [2.75, 3.05) is 12.4 Å². The molecule has 0 aromatic rings. The first kappa shape index (κ1) is 9.21. The molecule has 0 amide bonds. The number of hydrazine groups is 1. The molecular weight excluding hydrogens is 136 g/mol. The lowest BCUT2D eigenvalue weighted by molar-refractivity contribution is 0.365. The molecule has 0 aliphatic heterocycles. The molecule has 0 aromatic heterocycles. The Kier molecular flexibility index (Phi) is 4.19. The molecule has 2 N–H and O–H groups in total. The highest BCUT2D eigenvalue weighted by atomic mass is 35.5. The van der Waals surface area contributed by atoms with Crippen molar-refractivity contribution in [1.82, 2.24) is 10.9 Å². The predicted molar refractivity (Wildman–Crippen MR) is 41.6 cm³/mol. The average molecular weight is 151 g/mol. The van der Waals surface area contributed by atoms with Crippen LogP contribution in [0.5, 0.6) is 0 Å². The number of rotatable bonds is 3. The fraction of sp³-hybridized carbons (Fsp3) is 1.00. The quantitative estimate of drug-likeness (QED) is 0.358. The van der Waals surface area contributed by atoms with E-state index in [0.29, 0.717) is 5.88 Å². The van der Waals surface area contributed by atoms with Gasteiger partial charge in [0.1, 0.15) is 0 Å². The summed E-state index contributed by atoms with van der Waals surface area (Å²) in [6, 6.07) is 0. The van der Waals surface area contributed by atoms with Gasteiger partial charge in [0.25, 0.3) is 0 Å². The van der Waals surface area contributed by atoms with Gasteiger partial charge in [-0.25, -0.2) is 0 Å². The first-order valence-electron chi connectivity index (χ1n) is 3.12. The van der Waals surface area contributed by atoms with Gasteiger partial charge in [0.05, 0.1) is 0 Å². The van der Waals surface area contributed by atoms with Crippen LogP contribution in [0.15, 0.2) is 0 Å². The van der Waals surface area contributed by atoms with Crippen LogP contribution in [0.1, 0.15) is 20.8 Å². The lowest BCUT2D eigenvalue weighted by Gasteiger charge is -2.20. The maximum atomic E-state index is 5.43. The van der Waals surface area contributed by atoms with Gasteiger partial charge >= 0.3 is 0 Å². The zero-order valence-electron chi connectivity index (χ0n) is 6.29. The molecular formula is C6H15ClN2. The first-order chi connectivity index (χ1) is 4.06. The third-order valence-electron chi connectivity index (χ3n) is 0.683. The Morgan fingerprint density at radius 1 is 1.33 bits per heavy atom. The van der Waals surface area contributed by atoms with E-state index in [1.807, 2.05) is 0 Å². The highest BCUT2D eigenvalue weighted by Crippen LogP contribution is 1.94. The van der Waals surface area contributed by atoms with E-state index in [2.05, 4.69) is 31.6 Å². The van der Waals surface area contributed by atoms with Crippen LogP contribution in [-0.4, -0.2) is 18.0 Å². The Labute approximate surface area is 61.9 Å². The van der Waals surface area contributed by atoms with Crippen LogP contribution >= 0.6 is 11.6 Å². The van der Waals surface area contributed by atoms with Gasteiger partial charge in [-0.2, -0.15) is 0 Å². The lowest BCUT2D eigenvalue weighted by atomic mass is 10.1. The number of nitrogens with one attached hydrogen (secondary N) is 2. The molecule has 0 aliphatic rings. The smallest absolute Gasteiger partial charge is 0.0362 e. The summed E-state index contributed by atoms with van der Waals surface area (Å²) in [6.07, 6.45) is 0. The Balaban J connectivity index is 3.07. The lowest BCUT2D eigenvalue weighted by Crippen LogP contribution is -2.46. The molecule has 3 heteroatoms. The van der Waals surface area contributed by atoms with Crippen molar-refractivity contribution in [3.63, 3.8) is 0 Å². The van der Waals surface area contributed by atoms with Gasteiger partial charge in [0.15, 0.2) is 0 Å². The van der Waals surface area contributed by atoms with E-state index < -0.39 is 0 Å². The van der Waals surface area contributed by atoms with Gasteiger partial charge in [-0.15, -0.1) is 11.6 Å². The minimum absolute atomic E-state index is 0.131. The first-order valence-corrected chi connectivity index (χ1v) is 3.66. The van der Waals surface area contributed by atoms with E-state index >= 15 is 0 Å². The summed E-state index contributed by atoms with van der Waals surface area (Å²) in [5.74, 6) is 0.642. The number of halogens is 1. The second kappa shape index (κ2) is 4.09. The van der Waals surface area contributed by atoms with Gasteiger partial charge in [-0.1, -0.05) is 0 Å². The molecule has 0 radical (unpaired) electrons. The molecule has 0 bridgehead atoms. The van der Waals surface area contributed by atoms with Crippen molar-refractivity contribution in [2.24, 2.45) is 0 Å². The molecule has 0 aliphatic carbocycles. The molecule has 0 saturated heterocycles. The average Bonchev–Trinajstić information content (AvgIpc) is 1.63. The van der Waals surface area contributed by atoms with E-state index in [1.165, 1.54) is 0 Å².